The van der Waals surface area contributed by atoms with Gasteiger partial charge in [-0.2, -0.15) is 0 Å². The molecule has 104 valence electrons. The summed E-state index contributed by atoms with van der Waals surface area (Å²) in [6.07, 6.45) is 2.01. The Kier molecular flexibility index (Phi) is 4.91. The Morgan fingerprint density at radius 3 is 2.89 bits per heavy atom. The van der Waals surface area contributed by atoms with Crippen molar-refractivity contribution in [3.63, 3.8) is 0 Å². The average molecular weight is 263 g/mol. The van der Waals surface area contributed by atoms with Crippen LogP contribution in [0.15, 0.2) is 18.2 Å². The number of carbonyl (C=O) groups is 1. The summed E-state index contributed by atoms with van der Waals surface area (Å²) in [5, 5.41) is 0. The first-order chi connectivity index (χ1) is 9.22. The summed E-state index contributed by atoms with van der Waals surface area (Å²) < 4.78 is 10.4. The highest BCUT2D eigenvalue weighted by Crippen LogP contribution is 2.26. The van der Waals surface area contributed by atoms with Crippen LogP contribution in [0.25, 0.3) is 0 Å². The van der Waals surface area contributed by atoms with Gasteiger partial charge in [-0.05, 0) is 38.8 Å². The average Bonchev–Trinajstić information content (AvgIpc) is 2.48. The molecule has 1 aliphatic heterocycles. The summed E-state index contributed by atoms with van der Waals surface area (Å²) in [7, 11) is 0. The van der Waals surface area contributed by atoms with E-state index in [-0.39, 0.29) is 11.9 Å². The summed E-state index contributed by atoms with van der Waals surface area (Å²) in [5.74, 6) is -0.0676. The van der Waals surface area contributed by atoms with E-state index < -0.39 is 0 Å². The van der Waals surface area contributed by atoms with Crippen molar-refractivity contribution in [3.8, 4) is 0 Å². The van der Waals surface area contributed by atoms with Crippen molar-refractivity contribution in [1.29, 1.82) is 0 Å². The van der Waals surface area contributed by atoms with Gasteiger partial charge in [0.15, 0.2) is 0 Å². The van der Waals surface area contributed by atoms with Gasteiger partial charge < -0.3 is 9.47 Å². The Morgan fingerprint density at radius 2 is 2.21 bits per heavy atom. The van der Waals surface area contributed by atoms with Crippen LogP contribution in [0.4, 0.5) is 0 Å². The van der Waals surface area contributed by atoms with Gasteiger partial charge in [0.1, 0.15) is 0 Å². The second-order valence-corrected chi connectivity index (χ2v) is 4.85. The van der Waals surface area contributed by atoms with Crippen LogP contribution in [0.5, 0.6) is 0 Å². The molecule has 1 atom stereocenters. The number of aromatic nitrogens is 1. The summed E-state index contributed by atoms with van der Waals surface area (Å²) >= 11 is 0. The third kappa shape index (κ3) is 3.53. The zero-order valence-corrected chi connectivity index (χ0v) is 11.6. The molecule has 0 radical (unpaired) electrons. The third-order valence-corrected chi connectivity index (χ3v) is 3.52. The molecule has 0 aliphatic carbocycles. The van der Waals surface area contributed by atoms with Crippen molar-refractivity contribution in [2.75, 3.05) is 19.8 Å². The zero-order valence-electron chi connectivity index (χ0n) is 11.6. The standard InChI is InChI=1S/C15H21NO3/c1-3-19-15(17)11(2)13-5-4-6-14(16-13)12-7-9-18-10-8-12/h4-6,11-12H,3,7-10H2,1-2H3. The van der Waals surface area contributed by atoms with E-state index in [4.69, 9.17) is 9.47 Å². The molecule has 2 rings (SSSR count). The number of hydrogen-bond donors (Lipinski definition) is 0. The van der Waals surface area contributed by atoms with Gasteiger partial charge in [-0.3, -0.25) is 9.78 Å². The number of hydrogen-bond acceptors (Lipinski definition) is 4. The lowest BCUT2D eigenvalue weighted by Crippen LogP contribution is -2.18. The molecule has 0 spiro atoms. The molecule has 1 unspecified atom stereocenters. The summed E-state index contributed by atoms with van der Waals surface area (Å²) in [6, 6.07) is 5.91. The van der Waals surface area contributed by atoms with Gasteiger partial charge in [-0.25, -0.2) is 0 Å². The monoisotopic (exact) mass is 263 g/mol. The number of ether oxygens (including phenoxy) is 2. The highest BCUT2D eigenvalue weighted by atomic mass is 16.5. The molecule has 1 aliphatic rings. The van der Waals surface area contributed by atoms with Gasteiger partial charge in [0.25, 0.3) is 0 Å². The minimum atomic E-state index is -0.306. The lowest BCUT2D eigenvalue weighted by Gasteiger charge is -2.22. The molecule has 0 N–H and O–H groups in total. The number of carbonyl (C=O) groups excluding carboxylic acids is 1. The minimum absolute atomic E-state index is 0.209. The number of nitrogens with zero attached hydrogens (tertiary/aromatic N) is 1. The molecule has 4 nitrogen and oxygen atoms in total. The van der Waals surface area contributed by atoms with Gasteiger partial charge in [-0.1, -0.05) is 6.07 Å². The van der Waals surface area contributed by atoms with E-state index in [1.165, 1.54) is 0 Å². The fraction of sp³-hybridized carbons (Fsp3) is 0.600. The minimum Gasteiger partial charge on any atom is -0.465 e. The predicted octanol–water partition coefficient (Wildman–Crippen LogP) is 2.64. The fourth-order valence-electron chi connectivity index (χ4n) is 2.32. The van der Waals surface area contributed by atoms with E-state index in [1.54, 1.807) is 0 Å². The molecule has 2 heterocycles. The van der Waals surface area contributed by atoms with E-state index in [9.17, 15) is 4.79 Å². The quantitative estimate of drug-likeness (QED) is 0.784. The molecular formula is C15H21NO3. The molecule has 4 heteroatoms. The van der Waals surface area contributed by atoms with Crippen LogP contribution in [0.1, 0.15) is 49.9 Å². The van der Waals surface area contributed by atoms with Crippen molar-refractivity contribution < 1.29 is 14.3 Å². The molecule has 0 saturated carbocycles. The van der Waals surface area contributed by atoms with Gasteiger partial charge >= 0.3 is 5.97 Å². The Bertz CT molecular complexity index is 427. The SMILES string of the molecule is CCOC(=O)C(C)c1cccc(C2CCOCC2)n1. The van der Waals surface area contributed by atoms with E-state index >= 15 is 0 Å². The highest BCUT2D eigenvalue weighted by Gasteiger charge is 2.21. The number of esters is 1. The predicted molar refractivity (Wildman–Crippen MR) is 72.1 cm³/mol. The molecule has 0 aromatic carbocycles. The van der Waals surface area contributed by atoms with Crippen LogP contribution in [0.2, 0.25) is 0 Å². The summed E-state index contributed by atoms with van der Waals surface area (Å²) in [4.78, 5) is 16.4. The third-order valence-electron chi connectivity index (χ3n) is 3.52. The maximum Gasteiger partial charge on any atom is 0.314 e. The zero-order chi connectivity index (χ0) is 13.7. The molecular weight excluding hydrogens is 242 g/mol. The Labute approximate surface area is 114 Å². The molecule has 1 aromatic rings. The lowest BCUT2D eigenvalue weighted by atomic mass is 9.95. The van der Waals surface area contributed by atoms with Crippen molar-refractivity contribution in [3.05, 3.63) is 29.6 Å². The van der Waals surface area contributed by atoms with Crippen molar-refractivity contribution in [1.82, 2.24) is 4.98 Å². The first kappa shape index (κ1) is 14.0. The molecule has 0 bridgehead atoms. The molecule has 1 aromatic heterocycles. The van der Waals surface area contributed by atoms with E-state index in [0.717, 1.165) is 37.4 Å². The van der Waals surface area contributed by atoms with E-state index in [1.807, 2.05) is 32.0 Å². The van der Waals surface area contributed by atoms with Crippen molar-refractivity contribution in [2.24, 2.45) is 0 Å². The fourth-order valence-corrected chi connectivity index (χ4v) is 2.32. The Morgan fingerprint density at radius 1 is 1.47 bits per heavy atom. The smallest absolute Gasteiger partial charge is 0.314 e. The van der Waals surface area contributed by atoms with Crippen molar-refractivity contribution in [2.45, 2.75) is 38.5 Å². The van der Waals surface area contributed by atoms with Crippen molar-refractivity contribution >= 4 is 5.97 Å². The normalized spacial score (nSPS) is 18.0. The molecule has 1 saturated heterocycles. The maximum atomic E-state index is 11.7. The van der Waals surface area contributed by atoms with Crippen LogP contribution in [-0.4, -0.2) is 30.8 Å². The van der Waals surface area contributed by atoms with Gasteiger partial charge in [0.05, 0.1) is 18.2 Å². The number of rotatable bonds is 4. The second-order valence-electron chi connectivity index (χ2n) is 4.85. The second kappa shape index (κ2) is 6.66. The lowest BCUT2D eigenvalue weighted by molar-refractivity contribution is -0.144. The first-order valence-corrected chi connectivity index (χ1v) is 6.93. The van der Waals surface area contributed by atoms with Crippen LogP contribution >= 0.6 is 0 Å². The Hall–Kier alpha value is -1.42. The molecule has 19 heavy (non-hydrogen) atoms. The van der Waals surface area contributed by atoms with Crippen LogP contribution < -0.4 is 0 Å². The van der Waals surface area contributed by atoms with Crippen LogP contribution in [0, 0.1) is 0 Å². The topological polar surface area (TPSA) is 48.4 Å². The molecule has 1 fully saturated rings. The van der Waals surface area contributed by atoms with Gasteiger partial charge in [0, 0.05) is 24.8 Å². The number of pyridine rings is 1. The highest BCUT2D eigenvalue weighted by molar-refractivity contribution is 5.77. The van der Waals surface area contributed by atoms with E-state index in [2.05, 4.69) is 4.98 Å². The largest absolute Gasteiger partial charge is 0.465 e. The summed E-state index contributed by atoms with van der Waals surface area (Å²) in [5.41, 5.74) is 1.86. The maximum absolute atomic E-state index is 11.7. The Balaban J connectivity index is 2.11. The van der Waals surface area contributed by atoms with Crippen LogP contribution in [0.3, 0.4) is 0 Å². The molecule has 0 amide bonds. The first-order valence-electron chi connectivity index (χ1n) is 6.93. The summed E-state index contributed by atoms with van der Waals surface area (Å²) in [6.45, 7) is 5.65. The van der Waals surface area contributed by atoms with Gasteiger partial charge in [-0.15, -0.1) is 0 Å². The van der Waals surface area contributed by atoms with Gasteiger partial charge in [0.2, 0.25) is 0 Å². The van der Waals surface area contributed by atoms with E-state index in [0.29, 0.717) is 12.5 Å². The van der Waals surface area contributed by atoms with Crippen LogP contribution in [-0.2, 0) is 14.3 Å².